The van der Waals surface area contributed by atoms with Crippen molar-refractivity contribution in [2.45, 2.75) is 25.9 Å². The molecule has 5 heteroatoms. The maximum absolute atomic E-state index is 12.0. The summed E-state index contributed by atoms with van der Waals surface area (Å²) in [6, 6.07) is 12.5. The highest BCUT2D eigenvalue weighted by Crippen LogP contribution is 2.17. The van der Waals surface area contributed by atoms with Crippen LogP contribution in [0.5, 0.6) is 0 Å². The maximum atomic E-state index is 12.0. The Labute approximate surface area is 129 Å². The van der Waals surface area contributed by atoms with E-state index in [-0.39, 0.29) is 18.1 Å². The molecule has 2 rings (SSSR count). The molecule has 0 saturated carbocycles. The van der Waals surface area contributed by atoms with E-state index in [2.05, 4.69) is 15.6 Å². The van der Waals surface area contributed by atoms with Crippen molar-refractivity contribution in [3.8, 4) is 0 Å². The van der Waals surface area contributed by atoms with Crippen LogP contribution in [-0.2, 0) is 0 Å². The number of nitrogens with one attached hydrogen (secondary N) is 2. The van der Waals surface area contributed by atoms with Gasteiger partial charge in [-0.3, -0.25) is 4.98 Å². The number of hydrogen-bond donors (Lipinski definition) is 2. The van der Waals surface area contributed by atoms with Crippen molar-refractivity contribution >= 4 is 17.6 Å². The van der Waals surface area contributed by atoms with Crippen LogP contribution in [-0.4, -0.2) is 11.0 Å². The fourth-order valence-electron chi connectivity index (χ4n) is 2.00. The molecular formula is C16H18ClN3O. The van der Waals surface area contributed by atoms with Gasteiger partial charge in [-0.05, 0) is 43.7 Å². The number of carbonyl (C=O) groups excluding carboxylic acids is 1. The van der Waals surface area contributed by atoms with Crippen molar-refractivity contribution < 1.29 is 4.79 Å². The fourth-order valence-corrected chi connectivity index (χ4v) is 2.20. The predicted molar refractivity (Wildman–Crippen MR) is 84.2 cm³/mol. The third-order valence-electron chi connectivity index (χ3n) is 3.18. The molecule has 4 nitrogen and oxygen atoms in total. The zero-order valence-corrected chi connectivity index (χ0v) is 12.8. The summed E-state index contributed by atoms with van der Waals surface area (Å²) in [5.41, 5.74) is 1.78. The van der Waals surface area contributed by atoms with Crippen molar-refractivity contribution in [1.29, 1.82) is 0 Å². The highest BCUT2D eigenvalue weighted by atomic mass is 35.5. The van der Waals surface area contributed by atoms with E-state index in [1.165, 1.54) is 0 Å². The van der Waals surface area contributed by atoms with Gasteiger partial charge in [-0.1, -0.05) is 29.8 Å². The Morgan fingerprint density at radius 2 is 1.86 bits per heavy atom. The largest absolute Gasteiger partial charge is 0.332 e. The average molecular weight is 304 g/mol. The summed E-state index contributed by atoms with van der Waals surface area (Å²) in [7, 11) is 0. The molecule has 2 N–H and O–H groups in total. The molecule has 2 amide bonds. The number of nitrogens with zero attached hydrogens (tertiary/aromatic N) is 1. The van der Waals surface area contributed by atoms with Crippen LogP contribution in [0, 0.1) is 0 Å². The Morgan fingerprint density at radius 3 is 2.52 bits per heavy atom. The molecule has 0 saturated heterocycles. The van der Waals surface area contributed by atoms with E-state index in [9.17, 15) is 4.79 Å². The normalized spacial score (nSPS) is 13.3. The highest BCUT2D eigenvalue weighted by Gasteiger charge is 2.13. The van der Waals surface area contributed by atoms with Crippen molar-refractivity contribution in [3.05, 3.63) is 64.9 Å². The molecular weight excluding hydrogens is 286 g/mol. The van der Waals surface area contributed by atoms with Gasteiger partial charge < -0.3 is 10.6 Å². The number of pyridine rings is 1. The van der Waals surface area contributed by atoms with Gasteiger partial charge in [0.15, 0.2) is 0 Å². The molecule has 0 aliphatic rings. The summed E-state index contributed by atoms with van der Waals surface area (Å²) in [5, 5.41) is 6.41. The van der Waals surface area contributed by atoms with Gasteiger partial charge in [0.05, 0.1) is 17.8 Å². The average Bonchev–Trinajstić information content (AvgIpc) is 2.48. The molecule has 0 aliphatic carbocycles. The van der Waals surface area contributed by atoms with Gasteiger partial charge in [-0.25, -0.2) is 4.79 Å². The Balaban J connectivity index is 1.92. The second-order valence-corrected chi connectivity index (χ2v) is 5.31. The van der Waals surface area contributed by atoms with E-state index in [1.54, 1.807) is 12.3 Å². The van der Waals surface area contributed by atoms with Crippen LogP contribution < -0.4 is 10.6 Å². The Morgan fingerprint density at radius 1 is 1.10 bits per heavy atom. The van der Waals surface area contributed by atoms with Crippen LogP contribution in [0.25, 0.3) is 0 Å². The van der Waals surface area contributed by atoms with Crippen LogP contribution in [0.15, 0.2) is 48.7 Å². The third-order valence-corrected chi connectivity index (χ3v) is 3.41. The van der Waals surface area contributed by atoms with Gasteiger partial charge in [-0.15, -0.1) is 0 Å². The van der Waals surface area contributed by atoms with E-state index in [0.29, 0.717) is 5.02 Å². The standard InChI is InChI=1S/C16H18ClN3O/c1-11(13-6-5-7-14(17)10-13)19-16(21)20-12(2)15-8-3-4-9-18-15/h3-12H,1-2H3,(H2,19,20,21)/t11-,12-/m0/s1. The van der Waals surface area contributed by atoms with Crippen molar-refractivity contribution in [1.82, 2.24) is 15.6 Å². The second kappa shape index (κ2) is 7.09. The first-order valence-electron chi connectivity index (χ1n) is 6.79. The highest BCUT2D eigenvalue weighted by molar-refractivity contribution is 6.30. The number of carbonyl (C=O) groups is 1. The molecule has 2 atom stereocenters. The molecule has 0 unspecified atom stereocenters. The summed E-state index contributed by atoms with van der Waals surface area (Å²) >= 11 is 5.95. The molecule has 0 bridgehead atoms. The lowest BCUT2D eigenvalue weighted by Gasteiger charge is -2.18. The first-order chi connectivity index (χ1) is 10.1. The molecule has 0 fully saturated rings. The van der Waals surface area contributed by atoms with Crippen LogP contribution >= 0.6 is 11.6 Å². The minimum atomic E-state index is -0.236. The SMILES string of the molecule is C[C@H](NC(=O)N[C@@H](C)c1ccccn1)c1cccc(Cl)c1. The monoisotopic (exact) mass is 303 g/mol. The lowest BCUT2D eigenvalue weighted by molar-refractivity contribution is 0.234. The van der Waals surface area contributed by atoms with E-state index in [1.807, 2.05) is 50.2 Å². The van der Waals surface area contributed by atoms with E-state index >= 15 is 0 Å². The quantitative estimate of drug-likeness (QED) is 0.901. The summed E-state index contributed by atoms with van der Waals surface area (Å²) in [6.07, 6.45) is 1.71. The molecule has 110 valence electrons. The molecule has 1 aromatic heterocycles. The molecule has 1 heterocycles. The van der Waals surface area contributed by atoms with Crippen LogP contribution in [0.2, 0.25) is 5.02 Å². The van der Waals surface area contributed by atoms with Crippen molar-refractivity contribution in [3.63, 3.8) is 0 Å². The maximum Gasteiger partial charge on any atom is 0.315 e. The predicted octanol–water partition coefficient (Wildman–Crippen LogP) is 3.86. The Bertz CT molecular complexity index is 603. The van der Waals surface area contributed by atoms with Gasteiger partial charge in [0.2, 0.25) is 0 Å². The summed E-state index contributed by atoms with van der Waals surface area (Å²) in [6.45, 7) is 3.81. The summed E-state index contributed by atoms with van der Waals surface area (Å²) in [4.78, 5) is 16.2. The van der Waals surface area contributed by atoms with Gasteiger partial charge in [0, 0.05) is 11.2 Å². The van der Waals surface area contributed by atoms with Crippen molar-refractivity contribution in [2.75, 3.05) is 0 Å². The second-order valence-electron chi connectivity index (χ2n) is 4.87. The first-order valence-corrected chi connectivity index (χ1v) is 7.17. The minimum Gasteiger partial charge on any atom is -0.332 e. The van der Waals surface area contributed by atoms with Gasteiger partial charge in [0.1, 0.15) is 0 Å². The van der Waals surface area contributed by atoms with Gasteiger partial charge in [0.25, 0.3) is 0 Å². The third kappa shape index (κ3) is 4.46. The zero-order valence-electron chi connectivity index (χ0n) is 12.0. The number of halogens is 1. The fraction of sp³-hybridized carbons (Fsp3) is 0.250. The first kappa shape index (κ1) is 15.3. The molecule has 21 heavy (non-hydrogen) atoms. The smallest absolute Gasteiger partial charge is 0.315 e. The Kier molecular flexibility index (Phi) is 5.17. The molecule has 0 spiro atoms. The lowest BCUT2D eigenvalue weighted by atomic mass is 10.1. The van der Waals surface area contributed by atoms with E-state index in [0.717, 1.165) is 11.3 Å². The minimum absolute atomic E-state index is 0.125. The van der Waals surface area contributed by atoms with Crippen LogP contribution in [0.3, 0.4) is 0 Å². The van der Waals surface area contributed by atoms with Gasteiger partial charge >= 0.3 is 6.03 Å². The topological polar surface area (TPSA) is 54.0 Å². The van der Waals surface area contributed by atoms with E-state index < -0.39 is 0 Å². The lowest BCUT2D eigenvalue weighted by Crippen LogP contribution is -2.38. The molecule has 1 aromatic carbocycles. The number of rotatable bonds is 4. The number of amides is 2. The number of hydrogen-bond acceptors (Lipinski definition) is 2. The summed E-state index contributed by atoms with van der Waals surface area (Å²) in [5.74, 6) is 0. The number of benzene rings is 1. The van der Waals surface area contributed by atoms with Gasteiger partial charge in [-0.2, -0.15) is 0 Å². The summed E-state index contributed by atoms with van der Waals surface area (Å²) < 4.78 is 0. The zero-order chi connectivity index (χ0) is 15.2. The molecule has 2 aromatic rings. The number of urea groups is 1. The Hall–Kier alpha value is -2.07. The van der Waals surface area contributed by atoms with E-state index in [4.69, 9.17) is 11.6 Å². The van der Waals surface area contributed by atoms with Crippen molar-refractivity contribution in [2.24, 2.45) is 0 Å². The molecule has 0 radical (unpaired) electrons. The van der Waals surface area contributed by atoms with Crippen LogP contribution in [0.1, 0.15) is 37.2 Å². The van der Waals surface area contributed by atoms with Crippen LogP contribution in [0.4, 0.5) is 4.79 Å². The molecule has 0 aliphatic heterocycles. The number of aromatic nitrogens is 1.